The van der Waals surface area contributed by atoms with Gasteiger partial charge in [0.1, 0.15) is 0 Å². The van der Waals surface area contributed by atoms with Crippen molar-refractivity contribution in [2.45, 2.75) is 77.0 Å². The molecule has 0 aromatic carbocycles. The van der Waals surface area contributed by atoms with E-state index in [1.54, 1.807) is 0 Å². The molecular formula is C16H33N3. The summed E-state index contributed by atoms with van der Waals surface area (Å²) >= 11 is 0. The van der Waals surface area contributed by atoms with Crippen molar-refractivity contribution in [3.63, 3.8) is 0 Å². The van der Waals surface area contributed by atoms with Crippen molar-refractivity contribution in [2.24, 2.45) is 0 Å². The molecule has 2 heterocycles. The molecule has 2 fully saturated rings. The Morgan fingerprint density at radius 1 is 1.16 bits per heavy atom. The van der Waals surface area contributed by atoms with Crippen molar-refractivity contribution in [2.75, 3.05) is 26.7 Å². The van der Waals surface area contributed by atoms with Crippen LogP contribution in [-0.4, -0.2) is 60.1 Å². The first kappa shape index (κ1) is 15.3. The molecule has 0 aromatic rings. The van der Waals surface area contributed by atoms with E-state index in [0.717, 1.165) is 18.6 Å². The van der Waals surface area contributed by atoms with Gasteiger partial charge in [0.2, 0.25) is 0 Å². The third kappa shape index (κ3) is 4.17. The zero-order chi connectivity index (χ0) is 14.0. The predicted octanol–water partition coefficient (Wildman–Crippen LogP) is 2.32. The van der Waals surface area contributed by atoms with E-state index in [1.165, 1.54) is 38.8 Å². The Bertz CT molecular complexity index is 284. The van der Waals surface area contributed by atoms with Crippen LogP contribution in [-0.2, 0) is 0 Å². The van der Waals surface area contributed by atoms with Gasteiger partial charge in [0, 0.05) is 30.2 Å². The molecule has 2 rings (SSSR count). The second kappa shape index (κ2) is 6.11. The maximum Gasteiger partial charge on any atom is 0.0223 e. The van der Waals surface area contributed by atoms with Gasteiger partial charge >= 0.3 is 0 Å². The second-order valence-corrected chi connectivity index (χ2v) is 7.65. The molecule has 2 aliphatic heterocycles. The van der Waals surface area contributed by atoms with Crippen LogP contribution in [0.5, 0.6) is 0 Å². The molecule has 0 aliphatic carbocycles. The van der Waals surface area contributed by atoms with E-state index in [2.05, 4.69) is 49.9 Å². The van der Waals surface area contributed by atoms with E-state index in [4.69, 9.17) is 0 Å². The molecule has 112 valence electrons. The summed E-state index contributed by atoms with van der Waals surface area (Å²) in [6.07, 6.45) is 5.46. The molecule has 2 aliphatic rings. The van der Waals surface area contributed by atoms with Gasteiger partial charge < -0.3 is 5.32 Å². The van der Waals surface area contributed by atoms with E-state index < -0.39 is 0 Å². The highest BCUT2D eigenvalue weighted by molar-refractivity contribution is 4.92. The van der Waals surface area contributed by atoms with Crippen LogP contribution in [0, 0.1) is 0 Å². The van der Waals surface area contributed by atoms with Crippen LogP contribution < -0.4 is 5.32 Å². The van der Waals surface area contributed by atoms with E-state index in [-0.39, 0.29) is 5.54 Å². The Kier molecular flexibility index (Phi) is 4.91. The average molecular weight is 267 g/mol. The van der Waals surface area contributed by atoms with Crippen molar-refractivity contribution in [1.29, 1.82) is 0 Å². The third-order valence-electron chi connectivity index (χ3n) is 5.02. The lowest BCUT2D eigenvalue weighted by atomic mass is 10.1. The molecule has 0 aromatic heterocycles. The summed E-state index contributed by atoms with van der Waals surface area (Å²) in [7, 11) is 2.33. The minimum absolute atomic E-state index is 0.248. The van der Waals surface area contributed by atoms with Gasteiger partial charge in [-0.15, -0.1) is 0 Å². The van der Waals surface area contributed by atoms with Crippen LogP contribution in [0.2, 0.25) is 0 Å². The number of fused-ring (bicyclic) bond motifs is 2. The fourth-order valence-corrected chi connectivity index (χ4v) is 3.57. The first-order chi connectivity index (χ1) is 8.87. The molecule has 1 N–H and O–H groups in total. The summed E-state index contributed by atoms with van der Waals surface area (Å²) in [5, 5.41) is 3.61. The number of nitrogens with one attached hydrogen (secondary N) is 1. The number of hydrogen-bond acceptors (Lipinski definition) is 3. The van der Waals surface area contributed by atoms with E-state index in [0.29, 0.717) is 6.04 Å². The summed E-state index contributed by atoms with van der Waals surface area (Å²) in [5.41, 5.74) is 0.248. The molecule has 0 saturated carbocycles. The zero-order valence-corrected chi connectivity index (χ0v) is 13.6. The van der Waals surface area contributed by atoms with Gasteiger partial charge in [-0.2, -0.15) is 0 Å². The lowest BCUT2D eigenvalue weighted by Crippen LogP contribution is -2.43. The SMILES string of the molecule is CC(CCNC(C)(C)C)N1CCC2CCC(C1)N2C. The quantitative estimate of drug-likeness (QED) is 0.843. The largest absolute Gasteiger partial charge is 0.312 e. The van der Waals surface area contributed by atoms with Crippen molar-refractivity contribution in [1.82, 2.24) is 15.1 Å². The standard InChI is InChI=1S/C16H33N3/c1-13(8-10-17-16(2,3)4)19-11-9-14-6-7-15(12-19)18(14)5/h13-15,17H,6-12H2,1-5H3. The van der Waals surface area contributed by atoms with Gasteiger partial charge in [0.25, 0.3) is 0 Å². The van der Waals surface area contributed by atoms with Gasteiger partial charge in [-0.25, -0.2) is 0 Å². The summed E-state index contributed by atoms with van der Waals surface area (Å²) in [6.45, 7) is 12.9. The molecular weight excluding hydrogens is 234 g/mol. The maximum absolute atomic E-state index is 3.61. The number of likely N-dealkylation sites (N-methyl/N-ethyl adjacent to an activating group) is 1. The van der Waals surface area contributed by atoms with E-state index >= 15 is 0 Å². The molecule has 3 nitrogen and oxygen atoms in total. The Hall–Kier alpha value is -0.120. The molecule has 0 spiro atoms. The molecule has 3 atom stereocenters. The topological polar surface area (TPSA) is 18.5 Å². The molecule has 3 unspecified atom stereocenters. The van der Waals surface area contributed by atoms with Crippen LogP contribution >= 0.6 is 0 Å². The van der Waals surface area contributed by atoms with Crippen LogP contribution in [0.4, 0.5) is 0 Å². The number of rotatable bonds is 4. The molecule has 3 heteroatoms. The van der Waals surface area contributed by atoms with Crippen molar-refractivity contribution >= 4 is 0 Å². The highest BCUT2D eigenvalue weighted by atomic mass is 15.3. The highest BCUT2D eigenvalue weighted by Crippen LogP contribution is 2.29. The number of nitrogens with zero attached hydrogens (tertiary/aromatic N) is 2. The average Bonchev–Trinajstić information content (AvgIpc) is 2.50. The minimum Gasteiger partial charge on any atom is -0.312 e. The molecule has 0 amide bonds. The smallest absolute Gasteiger partial charge is 0.0223 e. The van der Waals surface area contributed by atoms with E-state index in [9.17, 15) is 0 Å². The molecule has 2 saturated heterocycles. The molecule has 2 bridgehead atoms. The van der Waals surface area contributed by atoms with Crippen molar-refractivity contribution in [3.05, 3.63) is 0 Å². The summed E-state index contributed by atoms with van der Waals surface area (Å²) < 4.78 is 0. The molecule has 0 radical (unpaired) electrons. The lowest BCUT2D eigenvalue weighted by molar-refractivity contribution is 0.171. The Morgan fingerprint density at radius 3 is 2.53 bits per heavy atom. The number of likely N-dealkylation sites (tertiary alicyclic amines) is 1. The summed E-state index contributed by atoms with van der Waals surface area (Å²) in [6, 6.07) is 2.38. The first-order valence-corrected chi connectivity index (χ1v) is 8.08. The Morgan fingerprint density at radius 2 is 1.84 bits per heavy atom. The highest BCUT2D eigenvalue weighted by Gasteiger charge is 2.35. The zero-order valence-electron chi connectivity index (χ0n) is 13.6. The normalized spacial score (nSPS) is 31.4. The first-order valence-electron chi connectivity index (χ1n) is 8.08. The van der Waals surface area contributed by atoms with Crippen LogP contribution in [0.15, 0.2) is 0 Å². The molecule has 19 heavy (non-hydrogen) atoms. The van der Waals surface area contributed by atoms with Crippen molar-refractivity contribution in [3.8, 4) is 0 Å². The summed E-state index contributed by atoms with van der Waals surface area (Å²) in [5.74, 6) is 0. The van der Waals surface area contributed by atoms with Gasteiger partial charge in [-0.1, -0.05) is 0 Å². The van der Waals surface area contributed by atoms with Crippen LogP contribution in [0.1, 0.15) is 53.4 Å². The van der Waals surface area contributed by atoms with Gasteiger partial charge in [-0.3, -0.25) is 9.80 Å². The van der Waals surface area contributed by atoms with E-state index in [1.807, 2.05) is 0 Å². The minimum atomic E-state index is 0.248. The fourth-order valence-electron chi connectivity index (χ4n) is 3.57. The Labute approximate surface area is 119 Å². The predicted molar refractivity (Wildman–Crippen MR) is 82.6 cm³/mol. The number of hydrogen-bond donors (Lipinski definition) is 1. The monoisotopic (exact) mass is 267 g/mol. The maximum atomic E-state index is 3.61. The van der Waals surface area contributed by atoms with Gasteiger partial charge in [-0.05, 0) is 73.5 Å². The second-order valence-electron chi connectivity index (χ2n) is 7.65. The Balaban J connectivity index is 1.78. The summed E-state index contributed by atoms with van der Waals surface area (Å²) in [4.78, 5) is 5.37. The third-order valence-corrected chi connectivity index (χ3v) is 5.02. The van der Waals surface area contributed by atoms with Crippen molar-refractivity contribution < 1.29 is 0 Å². The van der Waals surface area contributed by atoms with Crippen LogP contribution in [0.25, 0.3) is 0 Å². The fraction of sp³-hybridized carbons (Fsp3) is 1.00. The van der Waals surface area contributed by atoms with Gasteiger partial charge in [0.05, 0.1) is 0 Å². The lowest BCUT2D eigenvalue weighted by Gasteiger charge is -2.32. The van der Waals surface area contributed by atoms with Crippen LogP contribution in [0.3, 0.4) is 0 Å². The van der Waals surface area contributed by atoms with Gasteiger partial charge in [0.15, 0.2) is 0 Å².